The Morgan fingerprint density at radius 2 is 2.38 bits per heavy atom. The minimum Gasteiger partial charge on any atom is -0.452 e. The van der Waals surface area contributed by atoms with Crippen molar-refractivity contribution in [2.75, 3.05) is 6.54 Å². The van der Waals surface area contributed by atoms with Gasteiger partial charge in [0.15, 0.2) is 4.67 Å². The zero-order valence-electron chi connectivity index (χ0n) is 8.56. The Balaban J connectivity index is 1.81. The number of hydrogen-bond acceptors (Lipinski definition) is 3. The lowest BCUT2D eigenvalue weighted by Gasteiger charge is -2.22. The summed E-state index contributed by atoms with van der Waals surface area (Å²) in [6.07, 6.45) is 1.48. The van der Waals surface area contributed by atoms with Gasteiger partial charge in [0.1, 0.15) is 5.76 Å². The van der Waals surface area contributed by atoms with Crippen molar-refractivity contribution in [3.8, 4) is 0 Å². The molecule has 1 fully saturated rings. The van der Waals surface area contributed by atoms with Crippen LogP contribution in [-0.2, 0) is 11.3 Å². The van der Waals surface area contributed by atoms with Gasteiger partial charge in [0.05, 0.1) is 11.0 Å². The minimum atomic E-state index is 0.140. The Kier molecular flexibility index (Phi) is 4.05. The second-order valence-corrected chi connectivity index (χ2v) is 5.33. The summed E-state index contributed by atoms with van der Waals surface area (Å²) in [4.78, 5) is 11.0. The summed E-state index contributed by atoms with van der Waals surface area (Å²) in [6.45, 7) is 1.37. The molecule has 88 valence electrons. The molecule has 1 aliphatic rings. The SMILES string of the molecule is O=C1CCC(NCc2cc(Br)c(Br)o2)CN1. The molecule has 1 aromatic heterocycles. The van der Waals surface area contributed by atoms with E-state index in [9.17, 15) is 4.79 Å². The third-order valence-corrected chi connectivity index (χ3v) is 4.24. The lowest BCUT2D eigenvalue weighted by molar-refractivity contribution is -0.122. The molecule has 16 heavy (non-hydrogen) atoms. The third kappa shape index (κ3) is 3.09. The molecule has 0 radical (unpaired) electrons. The normalized spacial score (nSPS) is 20.9. The van der Waals surface area contributed by atoms with Crippen LogP contribution in [0.25, 0.3) is 0 Å². The number of rotatable bonds is 3. The highest BCUT2D eigenvalue weighted by atomic mass is 79.9. The molecule has 1 unspecified atom stereocenters. The molecular formula is C10H12Br2N2O2. The summed E-state index contributed by atoms with van der Waals surface area (Å²) >= 11 is 6.66. The zero-order valence-corrected chi connectivity index (χ0v) is 11.7. The lowest BCUT2D eigenvalue weighted by atomic mass is 10.1. The maximum atomic E-state index is 11.0. The molecule has 0 aliphatic carbocycles. The van der Waals surface area contributed by atoms with Crippen LogP contribution >= 0.6 is 31.9 Å². The summed E-state index contributed by atoms with van der Waals surface area (Å²) < 4.78 is 7.07. The molecule has 1 atom stereocenters. The quantitative estimate of drug-likeness (QED) is 0.877. The molecule has 2 heterocycles. The Morgan fingerprint density at radius 1 is 1.56 bits per heavy atom. The summed E-state index contributed by atoms with van der Waals surface area (Å²) in [5, 5.41) is 6.18. The van der Waals surface area contributed by atoms with Crippen molar-refractivity contribution in [1.82, 2.24) is 10.6 Å². The van der Waals surface area contributed by atoms with Crippen molar-refractivity contribution in [2.45, 2.75) is 25.4 Å². The average molecular weight is 352 g/mol. The summed E-state index contributed by atoms with van der Waals surface area (Å²) in [6, 6.07) is 2.26. The number of carbonyl (C=O) groups is 1. The Labute approximate surface area is 110 Å². The van der Waals surface area contributed by atoms with Crippen LogP contribution in [0, 0.1) is 0 Å². The van der Waals surface area contributed by atoms with Gasteiger partial charge in [-0.2, -0.15) is 0 Å². The van der Waals surface area contributed by atoms with E-state index in [1.165, 1.54) is 0 Å². The van der Waals surface area contributed by atoms with E-state index in [1.54, 1.807) is 0 Å². The first-order chi connectivity index (χ1) is 7.65. The van der Waals surface area contributed by atoms with E-state index < -0.39 is 0 Å². The molecule has 0 bridgehead atoms. The van der Waals surface area contributed by atoms with Crippen molar-refractivity contribution in [1.29, 1.82) is 0 Å². The van der Waals surface area contributed by atoms with Crippen LogP contribution in [0.15, 0.2) is 19.6 Å². The van der Waals surface area contributed by atoms with Crippen LogP contribution in [0.4, 0.5) is 0 Å². The molecule has 0 saturated carbocycles. The molecule has 1 saturated heterocycles. The molecule has 1 aromatic rings. The van der Waals surface area contributed by atoms with E-state index in [4.69, 9.17) is 4.42 Å². The topological polar surface area (TPSA) is 54.3 Å². The lowest BCUT2D eigenvalue weighted by Crippen LogP contribution is -2.45. The molecule has 1 amide bonds. The summed E-state index contributed by atoms with van der Waals surface area (Å²) in [5.41, 5.74) is 0. The predicted octanol–water partition coefficient (Wildman–Crippen LogP) is 2.17. The second-order valence-electron chi connectivity index (χ2n) is 3.75. The monoisotopic (exact) mass is 350 g/mol. The molecule has 4 nitrogen and oxygen atoms in total. The van der Waals surface area contributed by atoms with Crippen LogP contribution in [0.5, 0.6) is 0 Å². The first kappa shape index (κ1) is 12.1. The number of carbonyl (C=O) groups excluding carboxylic acids is 1. The van der Waals surface area contributed by atoms with Crippen molar-refractivity contribution in [3.63, 3.8) is 0 Å². The largest absolute Gasteiger partial charge is 0.452 e. The second kappa shape index (κ2) is 5.33. The van der Waals surface area contributed by atoms with E-state index in [0.717, 1.165) is 16.7 Å². The van der Waals surface area contributed by atoms with Crippen LogP contribution in [0.3, 0.4) is 0 Å². The molecule has 0 aromatic carbocycles. The predicted molar refractivity (Wildman–Crippen MR) is 67.0 cm³/mol. The molecule has 2 rings (SSSR count). The van der Waals surface area contributed by atoms with E-state index in [-0.39, 0.29) is 5.91 Å². The van der Waals surface area contributed by atoms with Crippen LogP contribution in [0.1, 0.15) is 18.6 Å². The van der Waals surface area contributed by atoms with E-state index in [2.05, 4.69) is 42.5 Å². The van der Waals surface area contributed by atoms with E-state index >= 15 is 0 Å². The van der Waals surface area contributed by atoms with Gasteiger partial charge in [0.2, 0.25) is 5.91 Å². The molecule has 6 heteroatoms. The van der Waals surface area contributed by atoms with Crippen molar-refractivity contribution >= 4 is 37.8 Å². The highest BCUT2D eigenvalue weighted by Crippen LogP contribution is 2.26. The fourth-order valence-corrected chi connectivity index (χ4v) is 2.29. The summed E-state index contributed by atoms with van der Waals surface area (Å²) in [5.74, 6) is 1.01. The number of halogens is 2. The van der Waals surface area contributed by atoms with Crippen molar-refractivity contribution < 1.29 is 9.21 Å². The van der Waals surface area contributed by atoms with Crippen LogP contribution in [0.2, 0.25) is 0 Å². The zero-order chi connectivity index (χ0) is 11.5. The number of hydrogen-bond donors (Lipinski definition) is 2. The smallest absolute Gasteiger partial charge is 0.220 e. The third-order valence-electron chi connectivity index (χ3n) is 2.53. The Morgan fingerprint density at radius 3 is 2.94 bits per heavy atom. The van der Waals surface area contributed by atoms with Gasteiger partial charge in [-0.1, -0.05) is 0 Å². The standard InChI is InChI=1S/C10H12Br2N2O2/c11-8-3-7(16-10(8)12)5-13-6-1-2-9(15)14-4-6/h3,6,13H,1-2,4-5H2,(H,14,15). The number of furan rings is 1. The number of nitrogens with one attached hydrogen (secondary N) is 2. The first-order valence-electron chi connectivity index (χ1n) is 5.09. The molecule has 0 spiro atoms. The maximum Gasteiger partial charge on any atom is 0.220 e. The van der Waals surface area contributed by atoms with Crippen LogP contribution in [-0.4, -0.2) is 18.5 Å². The van der Waals surface area contributed by atoms with E-state index in [0.29, 0.717) is 30.2 Å². The first-order valence-corrected chi connectivity index (χ1v) is 6.67. The number of piperidine rings is 1. The van der Waals surface area contributed by atoms with Gasteiger partial charge in [-0.05, 0) is 44.3 Å². The summed E-state index contributed by atoms with van der Waals surface area (Å²) in [7, 11) is 0. The van der Waals surface area contributed by atoms with Gasteiger partial charge < -0.3 is 15.1 Å². The molecule has 1 aliphatic heterocycles. The minimum absolute atomic E-state index is 0.140. The van der Waals surface area contributed by atoms with Gasteiger partial charge in [-0.25, -0.2) is 0 Å². The maximum absolute atomic E-state index is 11.0. The van der Waals surface area contributed by atoms with Crippen LogP contribution < -0.4 is 10.6 Å². The molecular weight excluding hydrogens is 340 g/mol. The average Bonchev–Trinajstić information content (AvgIpc) is 2.58. The fourth-order valence-electron chi connectivity index (χ4n) is 1.63. The fraction of sp³-hybridized carbons (Fsp3) is 0.500. The number of amides is 1. The Bertz CT molecular complexity index is 363. The molecule has 2 N–H and O–H groups in total. The van der Waals surface area contributed by atoms with Crippen molar-refractivity contribution in [3.05, 3.63) is 21.0 Å². The Hall–Kier alpha value is -0.330. The van der Waals surface area contributed by atoms with Gasteiger partial charge in [-0.3, -0.25) is 4.79 Å². The van der Waals surface area contributed by atoms with Gasteiger partial charge in [0, 0.05) is 19.0 Å². The highest BCUT2D eigenvalue weighted by Gasteiger charge is 2.17. The van der Waals surface area contributed by atoms with E-state index in [1.807, 2.05) is 6.07 Å². The van der Waals surface area contributed by atoms with Gasteiger partial charge in [-0.15, -0.1) is 0 Å². The highest BCUT2D eigenvalue weighted by molar-refractivity contribution is 9.13. The van der Waals surface area contributed by atoms with Gasteiger partial charge >= 0.3 is 0 Å². The van der Waals surface area contributed by atoms with Crippen molar-refractivity contribution in [2.24, 2.45) is 0 Å². The van der Waals surface area contributed by atoms with Gasteiger partial charge in [0.25, 0.3) is 0 Å².